The van der Waals surface area contributed by atoms with E-state index in [0.717, 1.165) is 56.7 Å². The number of phenols is 1. The van der Waals surface area contributed by atoms with E-state index in [9.17, 15) is 14.7 Å². The van der Waals surface area contributed by atoms with Gasteiger partial charge in [-0.1, -0.05) is 78.9 Å². The number of carbonyl (C=O) groups excluding carboxylic acids is 2. The monoisotopic (exact) mass is 1040 g/mol. The quantitative estimate of drug-likeness (QED) is 0.0389. The number of aliphatic imine (C=N–C) groups is 2. The van der Waals surface area contributed by atoms with Crippen molar-refractivity contribution in [2.45, 2.75) is 33.1 Å². The highest BCUT2D eigenvalue weighted by atomic mass is 16.5. The van der Waals surface area contributed by atoms with E-state index in [1.807, 2.05) is 128 Å². The van der Waals surface area contributed by atoms with Gasteiger partial charge in [0.05, 0.1) is 85.2 Å². The molecular weight excluding hydrogens is 973 g/mol. The van der Waals surface area contributed by atoms with Crippen molar-refractivity contribution >= 4 is 36.9 Å². The molecule has 2 aromatic carbocycles. The number of pyridine rings is 4. The molecule has 0 saturated heterocycles. The van der Waals surface area contributed by atoms with Crippen LogP contribution in [0, 0.1) is 5.41 Å². The maximum absolute atomic E-state index is 14.7. The molecule has 2 amide bonds. The Morgan fingerprint density at radius 2 is 1.17 bits per heavy atom. The fourth-order valence-electron chi connectivity index (χ4n) is 9.01. The second kappa shape index (κ2) is 28.2. The lowest BCUT2D eigenvalue weighted by Crippen LogP contribution is -2.38. The first-order valence-corrected chi connectivity index (χ1v) is 25.7. The van der Waals surface area contributed by atoms with Crippen LogP contribution >= 0.6 is 0 Å². The molecule has 6 aromatic rings. The van der Waals surface area contributed by atoms with Gasteiger partial charge in [0.1, 0.15) is 0 Å². The summed E-state index contributed by atoms with van der Waals surface area (Å²) in [6, 6.07) is 38.9. The summed E-state index contributed by atoms with van der Waals surface area (Å²) in [5.41, 5.74) is 8.64. The van der Waals surface area contributed by atoms with Crippen LogP contribution < -0.4 is 15.4 Å². The Labute approximate surface area is 450 Å². The number of phenolic OH excluding ortho intramolecular Hbond substituents is 1. The van der Waals surface area contributed by atoms with E-state index in [1.165, 1.54) is 6.07 Å². The van der Waals surface area contributed by atoms with Crippen LogP contribution in [0.25, 0.3) is 34.9 Å². The van der Waals surface area contributed by atoms with Gasteiger partial charge in [-0.25, -0.2) is 19.9 Å². The van der Waals surface area contributed by atoms with E-state index in [4.69, 9.17) is 38.9 Å². The molecule has 2 aliphatic heterocycles. The molecular formula is C60H66N10O7. The molecule has 1 atom stereocenters. The van der Waals surface area contributed by atoms with Gasteiger partial charge in [0.25, 0.3) is 11.8 Å². The number of rotatable bonds is 20. The molecule has 0 radical (unpaired) electrons. The van der Waals surface area contributed by atoms with Crippen LogP contribution in [-0.2, 0) is 50.0 Å². The summed E-state index contributed by atoms with van der Waals surface area (Å²) in [6.07, 6.45) is 9.40. The molecule has 0 spiro atoms. The van der Waals surface area contributed by atoms with Crippen molar-refractivity contribution in [2.24, 2.45) is 15.4 Å². The van der Waals surface area contributed by atoms with Crippen LogP contribution in [0.5, 0.6) is 11.5 Å². The molecule has 2 aliphatic rings. The Kier molecular flexibility index (Phi) is 20.2. The first-order chi connectivity index (χ1) is 37.6. The molecule has 0 fully saturated rings. The Bertz CT molecular complexity index is 2980. The number of nitrogens with zero attached hydrogens (tertiary/aromatic N) is 8. The number of aromatic nitrogens is 4. The molecule has 17 nitrogen and oxygen atoms in total. The Morgan fingerprint density at radius 1 is 0.649 bits per heavy atom. The van der Waals surface area contributed by atoms with E-state index in [1.54, 1.807) is 25.4 Å². The van der Waals surface area contributed by atoms with Crippen molar-refractivity contribution in [3.8, 4) is 34.3 Å². The molecule has 0 saturated carbocycles. The van der Waals surface area contributed by atoms with Crippen LogP contribution in [0.3, 0.4) is 0 Å². The van der Waals surface area contributed by atoms with Gasteiger partial charge < -0.3 is 34.7 Å². The minimum absolute atomic E-state index is 0.0524. The lowest BCUT2D eigenvalue weighted by atomic mass is 9.86. The van der Waals surface area contributed by atoms with Crippen molar-refractivity contribution < 1.29 is 33.6 Å². The van der Waals surface area contributed by atoms with Gasteiger partial charge in [0.15, 0.2) is 18.1 Å². The van der Waals surface area contributed by atoms with E-state index in [-0.39, 0.29) is 56.2 Å². The van der Waals surface area contributed by atoms with Crippen LogP contribution in [0.2, 0.25) is 0 Å². The fourth-order valence-corrected chi connectivity index (χ4v) is 9.01. The number of aromatic hydroxyl groups is 1. The number of ether oxygens (including phenoxy) is 4. The van der Waals surface area contributed by atoms with E-state index < -0.39 is 5.41 Å². The molecule has 8 rings (SSSR count). The molecule has 3 N–H and O–H groups in total. The highest BCUT2D eigenvalue weighted by Gasteiger charge is 2.29. The predicted octanol–water partition coefficient (Wildman–Crippen LogP) is 7.39. The zero-order valence-electron chi connectivity index (χ0n) is 43.7. The number of hydrogen-bond acceptors (Lipinski definition) is 15. The standard InChI is InChI=1S/C60H66N10O7/c1-60(42-62-3)34-51(59(73)64-26-28-75-30-32-76-31-29-74-27-25-63-58(72)41-77-57-33-45(23-24-56(57)71)22-21-44-11-5-4-6-12-44)46(35-61-2)36-69-37-47-13-7-17-52(65-47)54-19-9-15-49(67-54)39-70(43-60)40-50-16-10-20-55(68-50)53-18-8-14-48(38-69)66-53/h4-24,33-35,42,71H,2,25-32,36-41,43H2,1,3H3,(H,63,72)(H,64,73)/b22-21+,46-35-,51-34+,62-42-. The third-order valence-electron chi connectivity index (χ3n) is 12.4. The summed E-state index contributed by atoms with van der Waals surface area (Å²) in [5, 5.41) is 16.1. The maximum atomic E-state index is 14.7. The maximum Gasteiger partial charge on any atom is 0.258 e. The SMILES string of the molecule is C=N/C=C1CN2Cc3cccc(n3)-c3cccc(n3)CN(Cc3cccc(n3)-c3cccc(n3)C2)CC(C)(/C=N\C)\C=C/1C(=O)NCCOCCOCCOCCNC(=O)COc1cc(/C=C/c2ccccc2)ccc1O. The third-order valence-corrected chi connectivity index (χ3v) is 12.4. The van der Waals surface area contributed by atoms with Gasteiger partial charge in [-0.3, -0.25) is 29.4 Å². The second-order valence-corrected chi connectivity index (χ2v) is 18.8. The smallest absolute Gasteiger partial charge is 0.258 e. The van der Waals surface area contributed by atoms with Crippen molar-refractivity contribution in [3.63, 3.8) is 0 Å². The zero-order chi connectivity index (χ0) is 53.7. The minimum atomic E-state index is -0.769. The number of hydrogen-bond donors (Lipinski definition) is 3. The molecule has 4 aromatic heterocycles. The summed E-state index contributed by atoms with van der Waals surface area (Å²) in [6.45, 7) is 10.5. The lowest BCUT2D eigenvalue weighted by molar-refractivity contribution is -0.123. The summed E-state index contributed by atoms with van der Waals surface area (Å²) in [5.74, 6) is -0.480. The predicted molar refractivity (Wildman–Crippen MR) is 299 cm³/mol. The summed E-state index contributed by atoms with van der Waals surface area (Å²) < 4.78 is 22.8. The number of amides is 2. The lowest BCUT2D eigenvalue weighted by Gasteiger charge is -2.32. The normalized spacial score (nSPS) is 18.7. The summed E-state index contributed by atoms with van der Waals surface area (Å²) in [4.78, 5) is 60.8. The molecule has 398 valence electrons. The topological polar surface area (TPSA) is 198 Å². The fraction of sp³-hybridized carbons (Fsp3) is 0.300. The molecule has 0 aliphatic carbocycles. The van der Waals surface area contributed by atoms with Gasteiger partial charge >= 0.3 is 0 Å². The van der Waals surface area contributed by atoms with Gasteiger partial charge in [-0.15, -0.1) is 0 Å². The van der Waals surface area contributed by atoms with Crippen molar-refractivity contribution in [2.75, 3.05) is 79.5 Å². The molecule has 10 bridgehead atoms. The number of nitrogens with one attached hydrogen (secondary N) is 2. The molecule has 17 heteroatoms. The van der Waals surface area contributed by atoms with Crippen molar-refractivity contribution in [3.05, 3.63) is 179 Å². The number of benzene rings is 2. The van der Waals surface area contributed by atoms with Gasteiger partial charge in [0.2, 0.25) is 0 Å². The van der Waals surface area contributed by atoms with Crippen LogP contribution in [0.4, 0.5) is 0 Å². The highest BCUT2D eigenvalue weighted by Crippen LogP contribution is 2.30. The number of carbonyl (C=O) groups is 2. The Balaban J connectivity index is 0.860. The van der Waals surface area contributed by atoms with E-state index in [2.05, 4.69) is 44.1 Å². The van der Waals surface area contributed by atoms with Gasteiger partial charge in [0, 0.05) is 82.8 Å². The van der Waals surface area contributed by atoms with Crippen LogP contribution in [0.1, 0.15) is 40.8 Å². The minimum Gasteiger partial charge on any atom is -0.504 e. The first kappa shape index (κ1) is 55.2. The summed E-state index contributed by atoms with van der Waals surface area (Å²) in [7, 11) is 1.74. The largest absolute Gasteiger partial charge is 0.504 e. The number of fused-ring (bicyclic) bond motifs is 16. The summed E-state index contributed by atoms with van der Waals surface area (Å²) >= 11 is 0. The van der Waals surface area contributed by atoms with Gasteiger partial charge in [-0.05, 0) is 91.0 Å². The average Bonchev–Trinajstić information content (AvgIpc) is 3.43. The molecule has 1 unspecified atom stereocenters. The van der Waals surface area contributed by atoms with E-state index >= 15 is 0 Å². The second-order valence-electron chi connectivity index (χ2n) is 18.8. The highest BCUT2D eigenvalue weighted by molar-refractivity contribution is 5.98. The van der Waals surface area contributed by atoms with Crippen molar-refractivity contribution in [1.82, 2.24) is 40.4 Å². The Morgan fingerprint density at radius 3 is 1.71 bits per heavy atom. The van der Waals surface area contributed by atoms with Crippen LogP contribution in [0.15, 0.2) is 155 Å². The average molecular weight is 1040 g/mol. The van der Waals surface area contributed by atoms with Crippen molar-refractivity contribution in [1.29, 1.82) is 0 Å². The first-order valence-electron chi connectivity index (χ1n) is 25.7. The third kappa shape index (κ3) is 17.0. The van der Waals surface area contributed by atoms with Crippen LogP contribution in [-0.4, -0.2) is 139 Å². The molecule has 77 heavy (non-hydrogen) atoms. The Hall–Kier alpha value is -8.06. The molecule has 6 heterocycles. The van der Waals surface area contributed by atoms with Gasteiger partial charge in [-0.2, -0.15) is 0 Å². The zero-order valence-corrected chi connectivity index (χ0v) is 43.7. The van der Waals surface area contributed by atoms with E-state index in [0.29, 0.717) is 76.8 Å².